The lowest BCUT2D eigenvalue weighted by atomic mass is 10.1. The molecule has 0 spiro atoms. The number of carbonyl (C=O) groups excluding carboxylic acids is 2. The van der Waals surface area contributed by atoms with E-state index in [1.807, 2.05) is 13.8 Å². The number of ether oxygens (including phenoxy) is 2. The zero-order valence-corrected chi connectivity index (χ0v) is 26.0. The summed E-state index contributed by atoms with van der Waals surface area (Å²) in [6.07, 6.45) is 2.04. The average molecular weight is 616 g/mol. The van der Waals surface area contributed by atoms with Crippen molar-refractivity contribution in [1.82, 2.24) is 10.2 Å². The zero-order valence-electron chi connectivity index (χ0n) is 24.4. The predicted octanol–water partition coefficient (Wildman–Crippen LogP) is 5.28. The number of carbonyl (C=O) groups is 2. The molecule has 3 aromatic rings. The Labute approximate surface area is 253 Å². The van der Waals surface area contributed by atoms with Crippen LogP contribution in [-0.4, -0.2) is 58.5 Å². The van der Waals surface area contributed by atoms with Crippen LogP contribution in [0.25, 0.3) is 0 Å². The van der Waals surface area contributed by atoms with E-state index in [1.54, 1.807) is 48.5 Å². The van der Waals surface area contributed by atoms with E-state index in [9.17, 15) is 18.0 Å². The van der Waals surface area contributed by atoms with E-state index in [-0.39, 0.29) is 28.8 Å². The van der Waals surface area contributed by atoms with Gasteiger partial charge in [-0.05, 0) is 66.9 Å². The number of halogens is 1. The fraction of sp³-hybridized carbons (Fsp3) is 0.355. The number of rotatable bonds is 15. The molecule has 1 atom stereocenters. The Morgan fingerprint density at radius 3 is 2.19 bits per heavy atom. The second-order valence-corrected chi connectivity index (χ2v) is 11.9. The minimum Gasteiger partial charge on any atom is -0.497 e. The summed E-state index contributed by atoms with van der Waals surface area (Å²) < 4.78 is 39.8. The molecular formula is C31H38ClN3O6S. The van der Waals surface area contributed by atoms with Gasteiger partial charge in [-0.2, -0.15) is 0 Å². The molecule has 2 amide bonds. The first kappa shape index (κ1) is 32.8. The molecule has 0 bridgehead atoms. The molecule has 0 heterocycles. The van der Waals surface area contributed by atoms with E-state index in [4.69, 9.17) is 21.1 Å². The van der Waals surface area contributed by atoms with Crippen LogP contribution in [-0.2, 0) is 26.2 Å². The monoisotopic (exact) mass is 615 g/mol. The highest BCUT2D eigenvalue weighted by molar-refractivity contribution is 7.92. The van der Waals surface area contributed by atoms with Gasteiger partial charge in [0, 0.05) is 18.1 Å². The number of amides is 2. The molecular weight excluding hydrogens is 578 g/mol. The van der Waals surface area contributed by atoms with Crippen LogP contribution in [0.4, 0.5) is 5.69 Å². The second kappa shape index (κ2) is 15.5. The Kier molecular flexibility index (Phi) is 12.1. The van der Waals surface area contributed by atoms with Gasteiger partial charge in [-0.15, -0.1) is 0 Å². The van der Waals surface area contributed by atoms with Crippen molar-refractivity contribution in [3.8, 4) is 11.5 Å². The lowest BCUT2D eigenvalue weighted by molar-refractivity contribution is -0.140. The van der Waals surface area contributed by atoms with Gasteiger partial charge in [0.25, 0.3) is 10.0 Å². The van der Waals surface area contributed by atoms with Crippen molar-refractivity contribution in [2.45, 2.75) is 50.6 Å². The van der Waals surface area contributed by atoms with Gasteiger partial charge in [-0.1, -0.05) is 56.1 Å². The molecule has 0 unspecified atom stereocenters. The lowest BCUT2D eigenvalue weighted by Crippen LogP contribution is -2.52. The SMILES string of the molecule is CCCCNC(=O)[C@H](CC)N(Cc1ccc(Cl)cc1)C(=O)CN(c1ccccc1OC)S(=O)(=O)c1ccc(OC)cc1. The summed E-state index contributed by atoms with van der Waals surface area (Å²) in [5.41, 5.74) is 0.936. The van der Waals surface area contributed by atoms with Gasteiger partial charge < -0.3 is 19.7 Å². The zero-order chi connectivity index (χ0) is 30.7. The number of nitrogens with one attached hydrogen (secondary N) is 1. The Bertz CT molecular complexity index is 1430. The normalized spacial score (nSPS) is 11.8. The summed E-state index contributed by atoms with van der Waals surface area (Å²) in [6.45, 7) is 3.83. The van der Waals surface area contributed by atoms with Gasteiger partial charge in [-0.3, -0.25) is 13.9 Å². The summed E-state index contributed by atoms with van der Waals surface area (Å²) in [7, 11) is -1.34. The van der Waals surface area contributed by atoms with Gasteiger partial charge in [0.2, 0.25) is 11.8 Å². The van der Waals surface area contributed by atoms with Gasteiger partial charge in [0.1, 0.15) is 24.1 Å². The molecule has 0 aromatic heterocycles. The summed E-state index contributed by atoms with van der Waals surface area (Å²) in [6, 6.07) is 18.6. The maximum atomic E-state index is 14.2. The minimum atomic E-state index is -4.26. The number of methoxy groups -OCH3 is 2. The Morgan fingerprint density at radius 1 is 0.929 bits per heavy atom. The molecule has 11 heteroatoms. The predicted molar refractivity (Wildman–Crippen MR) is 165 cm³/mol. The van der Waals surface area contributed by atoms with Gasteiger partial charge >= 0.3 is 0 Å². The smallest absolute Gasteiger partial charge is 0.264 e. The van der Waals surface area contributed by atoms with Crippen molar-refractivity contribution in [3.63, 3.8) is 0 Å². The molecule has 3 aromatic carbocycles. The number of unbranched alkanes of at least 4 members (excludes halogenated alkanes) is 1. The average Bonchev–Trinajstić information content (AvgIpc) is 3.00. The number of hydrogen-bond acceptors (Lipinski definition) is 6. The van der Waals surface area contributed by atoms with Crippen LogP contribution < -0.4 is 19.1 Å². The molecule has 1 N–H and O–H groups in total. The quantitative estimate of drug-likeness (QED) is 0.233. The molecule has 0 aliphatic carbocycles. The van der Waals surface area contributed by atoms with E-state index in [0.717, 1.165) is 22.7 Å². The molecule has 0 aliphatic heterocycles. The maximum Gasteiger partial charge on any atom is 0.264 e. The van der Waals surface area contributed by atoms with Gasteiger partial charge in [-0.25, -0.2) is 8.42 Å². The Balaban J connectivity index is 2.07. The Hall–Kier alpha value is -3.76. The molecule has 9 nitrogen and oxygen atoms in total. The number of hydrogen-bond donors (Lipinski definition) is 1. The third-order valence-corrected chi connectivity index (χ3v) is 8.79. The summed E-state index contributed by atoms with van der Waals surface area (Å²) >= 11 is 6.08. The van der Waals surface area contributed by atoms with Gasteiger partial charge in [0.15, 0.2) is 0 Å². The molecule has 0 saturated carbocycles. The van der Waals surface area contributed by atoms with Crippen LogP contribution in [0, 0.1) is 0 Å². The van der Waals surface area contributed by atoms with E-state index < -0.39 is 28.5 Å². The van der Waals surface area contributed by atoms with Crippen LogP contribution >= 0.6 is 11.6 Å². The van der Waals surface area contributed by atoms with Crippen molar-refractivity contribution in [1.29, 1.82) is 0 Å². The number of para-hydroxylation sites is 2. The largest absolute Gasteiger partial charge is 0.497 e. The van der Waals surface area contributed by atoms with Crippen LogP contribution in [0.2, 0.25) is 5.02 Å². The van der Waals surface area contributed by atoms with E-state index in [2.05, 4.69) is 5.32 Å². The topological polar surface area (TPSA) is 105 Å². The van der Waals surface area contributed by atoms with Crippen LogP contribution in [0.1, 0.15) is 38.7 Å². The highest BCUT2D eigenvalue weighted by atomic mass is 35.5. The van der Waals surface area contributed by atoms with Crippen LogP contribution in [0.15, 0.2) is 77.7 Å². The molecule has 0 radical (unpaired) electrons. The molecule has 3 rings (SSSR count). The maximum absolute atomic E-state index is 14.2. The van der Waals surface area contributed by atoms with E-state index in [0.29, 0.717) is 23.7 Å². The van der Waals surface area contributed by atoms with Crippen molar-refractivity contribution in [2.24, 2.45) is 0 Å². The summed E-state index contributed by atoms with van der Waals surface area (Å²) in [5, 5.41) is 3.45. The third-order valence-electron chi connectivity index (χ3n) is 6.76. The van der Waals surface area contributed by atoms with E-state index in [1.165, 1.54) is 43.4 Å². The number of sulfonamides is 1. The molecule has 0 saturated heterocycles. The lowest BCUT2D eigenvalue weighted by Gasteiger charge is -2.33. The fourth-order valence-electron chi connectivity index (χ4n) is 4.44. The third kappa shape index (κ3) is 8.17. The number of benzene rings is 3. The summed E-state index contributed by atoms with van der Waals surface area (Å²) in [4.78, 5) is 28.8. The number of anilines is 1. The second-order valence-electron chi connectivity index (χ2n) is 9.58. The minimum absolute atomic E-state index is 0.0318. The van der Waals surface area contributed by atoms with E-state index >= 15 is 0 Å². The van der Waals surface area contributed by atoms with Crippen LogP contribution in [0.3, 0.4) is 0 Å². The summed E-state index contributed by atoms with van der Waals surface area (Å²) in [5.74, 6) is -0.0839. The first-order valence-corrected chi connectivity index (χ1v) is 15.6. The highest BCUT2D eigenvalue weighted by Gasteiger charge is 2.34. The van der Waals surface area contributed by atoms with Crippen molar-refractivity contribution >= 4 is 39.1 Å². The fourth-order valence-corrected chi connectivity index (χ4v) is 5.99. The molecule has 0 aliphatic rings. The molecule has 42 heavy (non-hydrogen) atoms. The molecule has 0 fully saturated rings. The van der Waals surface area contributed by atoms with Crippen molar-refractivity contribution in [2.75, 3.05) is 31.6 Å². The first-order valence-electron chi connectivity index (χ1n) is 13.8. The molecule has 226 valence electrons. The van der Waals surface area contributed by atoms with Gasteiger partial charge in [0.05, 0.1) is 24.8 Å². The number of nitrogens with zero attached hydrogens (tertiary/aromatic N) is 2. The Morgan fingerprint density at radius 2 is 1.60 bits per heavy atom. The standard InChI is InChI=1S/C31H38ClN3O6S/c1-5-7-20-33-31(37)27(6-2)34(21-23-12-14-24(32)15-13-23)30(36)22-35(28-10-8-9-11-29(28)41-4)42(38,39)26-18-16-25(40-3)17-19-26/h8-19,27H,5-7,20-22H2,1-4H3,(H,33,37)/t27-/m0/s1. The highest BCUT2D eigenvalue weighted by Crippen LogP contribution is 2.33. The first-order chi connectivity index (χ1) is 20.2. The van der Waals surface area contributed by atoms with Crippen molar-refractivity contribution < 1.29 is 27.5 Å². The van der Waals surface area contributed by atoms with Crippen LogP contribution in [0.5, 0.6) is 11.5 Å². The van der Waals surface area contributed by atoms with Crippen molar-refractivity contribution in [3.05, 3.63) is 83.4 Å².